The Kier molecular flexibility index (Phi) is 14.2. The smallest absolute Gasteiger partial charge is 0.374 e. The number of benzene rings is 7. The zero-order chi connectivity index (χ0) is 53.0. The molecule has 0 N–H and O–H groups in total. The van der Waals surface area contributed by atoms with Crippen molar-refractivity contribution in [3.63, 3.8) is 0 Å². The second-order valence-electron chi connectivity index (χ2n) is 14.9. The van der Waals surface area contributed by atoms with Crippen molar-refractivity contribution in [3.8, 4) is 11.6 Å². The van der Waals surface area contributed by atoms with E-state index in [2.05, 4.69) is 0 Å². The molecule has 0 spiro atoms. The fourth-order valence-electron chi connectivity index (χ4n) is 7.87. The van der Waals surface area contributed by atoms with Gasteiger partial charge in [-0.15, -0.1) is 21.9 Å². The summed E-state index contributed by atoms with van der Waals surface area (Å²) in [5.74, 6) is -71.4. The lowest BCUT2D eigenvalue weighted by atomic mass is 9.12. The quantitative estimate of drug-likeness (QED) is 0.0360. The number of hydrogen-bond acceptors (Lipinski definition) is 2. The van der Waals surface area contributed by atoms with Crippen LogP contribution in [0.4, 0.5) is 92.2 Å². The summed E-state index contributed by atoms with van der Waals surface area (Å²) in [6, 6.07) is 26.7. The van der Waals surface area contributed by atoms with Gasteiger partial charge in [0, 0.05) is 17.0 Å². The molecule has 0 aliphatic rings. The van der Waals surface area contributed by atoms with Crippen molar-refractivity contribution < 1.29 is 106 Å². The minimum absolute atomic E-state index is 0.0460. The Hall–Kier alpha value is -7.99. The summed E-state index contributed by atoms with van der Waals surface area (Å²) in [5.41, 5.74) is -12.9. The Balaban J connectivity index is 0.000000238. The molecule has 1 aromatic heterocycles. The number of rotatable bonds is 9. The highest BCUT2D eigenvalue weighted by Crippen LogP contribution is 2.31. The number of aromatic nitrogens is 1. The fourth-order valence-corrected chi connectivity index (χ4v) is 7.87. The summed E-state index contributed by atoms with van der Waals surface area (Å²) >= 11 is 0. The highest BCUT2D eigenvalue weighted by molar-refractivity contribution is 7.20. The van der Waals surface area contributed by atoms with Crippen LogP contribution in [0.1, 0.15) is 10.4 Å². The predicted molar refractivity (Wildman–Crippen MR) is 211 cm³/mol. The van der Waals surface area contributed by atoms with Crippen LogP contribution in [0.25, 0.3) is 10.9 Å². The van der Waals surface area contributed by atoms with Crippen LogP contribution in [0, 0.1) is 122 Å². The Morgan fingerprint density at radius 3 is 1.06 bits per heavy atom. The van der Waals surface area contributed by atoms with E-state index in [1.165, 1.54) is 6.07 Å². The zero-order valence-corrected chi connectivity index (χ0v) is 34.6. The van der Waals surface area contributed by atoms with Gasteiger partial charge in [-0.2, -0.15) is 4.57 Å². The Morgan fingerprint density at radius 2 is 0.681 bits per heavy atom. The van der Waals surface area contributed by atoms with Crippen molar-refractivity contribution in [1.29, 1.82) is 0 Å². The highest BCUT2D eigenvalue weighted by Gasteiger charge is 2.52. The lowest BCUT2D eigenvalue weighted by Crippen LogP contribution is -2.81. The van der Waals surface area contributed by atoms with Crippen LogP contribution in [0.2, 0.25) is 0 Å². The number of halogens is 21. The number of carbonyl (C=O) groups is 1. The van der Waals surface area contributed by atoms with E-state index < -0.39 is 150 Å². The molecule has 25 heteroatoms. The van der Waals surface area contributed by atoms with E-state index in [1.807, 2.05) is 48.5 Å². The van der Waals surface area contributed by atoms with E-state index in [-0.39, 0.29) is 18.1 Å². The van der Waals surface area contributed by atoms with Gasteiger partial charge in [0.2, 0.25) is 17.8 Å². The minimum Gasteiger partial charge on any atom is -0.402 e. The molecule has 3 nitrogen and oxygen atoms in total. The molecule has 0 unspecified atom stereocenters. The molecule has 72 heavy (non-hydrogen) atoms. The van der Waals surface area contributed by atoms with Crippen LogP contribution in [-0.4, -0.2) is 11.9 Å². The topological polar surface area (TPSA) is 30.2 Å². The third kappa shape index (κ3) is 8.28. The molecule has 0 fully saturated rings. The second-order valence-corrected chi connectivity index (χ2v) is 14.9. The van der Waals surface area contributed by atoms with E-state index in [0.717, 1.165) is 10.9 Å². The summed E-state index contributed by atoms with van der Waals surface area (Å²) in [7, 11) is 0. The zero-order valence-electron chi connectivity index (χ0n) is 34.6. The fraction of sp³-hybridized carbons (Fsp3) is 0.0213. The van der Waals surface area contributed by atoms with Crippen LogP contribution >= 0.6 is 0 Å². The van der Waals surface area contributed by atoms with Crippen LogP contribution in [0.15, 0.2) is 91.0 Å². The standard InChI is InChI=1S/C24BF20.C23H17FNO2/c26-5-1(6(27)14(35)21(42)13(5)34)25(2-7(28)15(36)22(43)16(37)8(2)29,3-9(30)17(38)23(44)18(39)10(3)31)4-11(32)19(40)24(45)20(41)12(4)33;24-19-11-5-7-13-22(19)27-23-15-14-17-8-4-6-12-20(17)25(23)16-21(26)18-9-2-1-3-10-18/h;1-15H,16H2/q-1;+1. The molecule has 0 aliphatic carbocycles. The first kappa shape index (κ1) is 51.9. The summed E-state index contributed by atoms with van der Waals surface area (Å²) in [6.07, 6.45) is -7.22. The number of nitrogens with zero attached hydrogens (tertiary/aromatic N) is 1. The normalized spacial score (nSPS) is 11.5. The first-order valence-corrected chi connectivity index (χ1v) is 19.6. The SMILES string of the molecule is Fc1c(F)c(F)c([B-](c2c(F)c(F)c(F)c(F)c2F)(c2c(F)c(F)c(F)c(F)c2F)c2c(F)c(F)c(F)c(F)c2F)c(F)c1F.O=C(C[n+]1c(Oc2ccccc2F)ccc2ccccc21)c1ccccc1. The Labute approximate surface area is 387 Å². The number of fused-ring (bicyclic) bond motifs is 1. The van der Waals surface area contributed by atoms with Crippen molar-refractivity contribution >= 4 is 44.7 Å². The van der Waals surface area contributed by atoms with Crippen LogP contribution in [-0.2, 0) is 6.54 Å². The predicted octanol–water partition coefficient (Wildman–Crippen LogP) is 10.8. The van der Waals surface area contributed by atoms with E-state index in [4.69, 9.17) is 4.74 Å². The lowest BCUT2D eigenvalue weighted by Gasteiger charge is -2.44. The van der Waals surface area contributed by atoms with Crippen molar-refractivity contribution in [2.75, 3.05) is 0 Å². The number of ether oxygens (including phenoxy) is 1. The Bertz CT molecular complexity index is 3140. The monoisotopic (exact) mass is 1040 g/mol. The average molecular weight is 1040 g/mol. The van der Waals surface area contributed by atoms with Gasteiger partial charge in [0.05, 0.1) is 6.07 Å². The Morgan fingerprint density at radius 1 is 0.361 bits per heavy atom. The molecule has 0 bridgehead atoms. The summed E-state index contributed by atoms with van der Waals surface area (Å²) in [4.78, 5) is 12.8. The van der Waals surface area contributed by atoms with Gasteiger partial charge in [0.1, 0.15) is 52.7 Å². The van der Waals surface area contributed by atoms with Gasteiger partial charge in [0.15, 0.2) is 81.4 Å². The average Bonchev–Trinajstić information content (AvgIpc) is 3.37. The maximum Gasteiger partial charge on any atom is 0.374 e. The molecular weight excluding hydrogens is 1020 g/mol. The van der Waals surface area contributed by atoms with Crippen molar-refractivity contribution in [1.82, 2.24) is 0 Å². The van der Waals surface area contributed by atoms with Crippen molar-refractivity contribution in [2.24, 2.45) is 0 Å². The van der Waals surface area contributed by atoms with Crippen molar-refractivity contribution in [3.05, 3.63) is 219 Å². The van der Waals surface area contributed by atoms with E-state index in [0.29, 0.717) is 11.4 Å². The molecule has 0 saturated heterocycles. The first-order valence-electron chi connectivity index (χ1n) is 19.6. The van der Waals surface area contributed by atoms with Gasteiger partial charge in [0.25, 0.3) is 0 Å². The second kappa shape index (κ2) is 19.7. The molecule has 0 atom stereocenters. The molecule has 0 amide bonds. The number of para-hydroxylation sites is 2. The molecule has 7 aromatic carbocycles. The minimum atomic E-state index is -7.22. The molecule has 8 rings (SSSR count). The largest absolute Gasteiger partial charge is 0.402 e. The van der Waals surface area contributed by atoms with Gasteiger partial charge in [-0.3, -0.25) is 4.79 Å². The van der Waals surface area contributed by atoms with Crippen molar-refractivity contribution in [2.45, 2.75) is 6.54 Å². The first-order chi connectivity index (χ1) is 33.9. The molecule has 8 aromatic rings. The highest BCUT2D eigenvalue weighted by atomic mass is 19.2. The molecule has 372 valence electrons. The van der Waals surface area contributed by atoms with Crippen LogP contribution in [0.3, 0.4) is 0 Å². The molecule has 0 aliphatic heterocycles. The van der Waals surface area contributed by atoms with E-state index in [9.17, 15) is 61.9 Å². The van der Waals surface area contributed by atoms with Crippen LogP contribution in [0.5, 0.6) is 11.6 Å². The lowest BCUT2D eigenvalue weighted by molar-refractivity contribution is -0.661. The third-order valence-corrected chi connectivity index (χ3v) is 11.1. The molecule has 0 radical (unpaired) electrons. The number of carbonyl (C=O) groups excluding carboxylic acids is 1. The summed E-state index contributed by atoms with van der Waals surface area (Å²) in [6.45, 7) is 0.0924. The summed E-state index contributed by atoms with van der Waals surface area (Å²) < 4.78 is 316. The third-order valence-electron chi connectivity index (χ3n) is 11.1. The van der Waals surface area contributed by atoms with E-state index >= 15 is 35.1 Å². The number of ketones is 1. The van der Waals surface area contributed by atoms with Gasteiger partial charge < -0.3 is 4.74 Å². The van der Waals surface area contributed by atoms with Gasteiger partial charge >= 0.3 is 5.88 Å². The summed E-state index contributed by atoms with van der Waals surface area (Å²) in [5, 5.41) is 0.972. The van der Waals surface area contributed by atoms with Gasteiger partial charge in [-0.05, 0) is 24.3 Å². The van der Waals surface area contributed by atoms with E-state index in [1.54, 1.807) is 41.0 Å². The molecule has 1 heterocycles. The molecule has 0 saturated carbocycles. The van der Waals surface area contributed by atoms with Gasteiger partial charge in [-0.25, -0.2) is 92.2 Å². The number of pyridine rings is 1. The number of hydrogen-bond donors (Lipinski definition) is 0. The molecular formula is C47H17BF21NO2. The maximum absolute atomic E-state index is 15.4. The number of Topliss-reactive ketones (excluding diaryl/α,β-unsaturated/α-hetero) is 1. The van der Waals surface area contributed by atoms with Gasteiger partial charge in [-0.1, -0.05) is 54.6 Å². The van der Waals surface area contributed by atoms with Crippen LogP contribution < -0.4 is 31.2 Å². The maximum atomic E-state index is 15.4.